The second-order valence-corrected chi connectivity index (χ2v) is 5.39. The standard InChI is InChI=1S/C9H6N6O6S/c10-9-11-2-5(22-9)6-3(13(16)17)1-4(14(18)19)7-8(6)15(20)21-12-7/h1-2,6,12H,(H2-,10,11,16,17)/p+1. The molecule has 0 spiro atoms. The van der Waals surface area contributed by atoms with E-state index in [1.807, 2.05) is 0 Å². The summed E-state index contributed by atoms with van der Waals surface area (Å²) >= 11 is 0.991. The number of fused-ring (bicyclic) bond motifs is 1. The van der Waals surface area contributed by atoms with Crippen LogP contribution in [0.4, 0.5) is 5.13 Å². The largest absolute Gasteiger partial charge is 0.612 e. The molecular formula is C9H7N6O6S+. The summed E-state index contributed by atoms with van der Waals surface area (Å²) in [5.74, 6) is -1.14. The fourth-order valence-corrected chi connectivity index (χ4v) is 3.04. The monoisotopic (exact) mass is 327 g/mol. The SMILES string of the molecule is Nc1[nH+]cc(C2C(=[N+]([O-])[O-])C=C([N+](=O)[O-])c3[nH]o[n+](=O)c32)s1. The van der Waals surface area contributed by atoms with Crippen molar-refractivity contribution in [2.45, 2.75) is 5.92 Å². The molecule has 1 aliphatic rings. The topological polar surface area (TPSA) is 184 Å². The number of nitrogen functional groups attached to an aromatic ring is 1. The van der Waals surface area contributed by atoms with Crippen molar-refractivity contribution < 1.29 is 24.0 Å². The lowest BCUT2D eigenvalue weighted by Crippen LogP contribution is -2.31. The number of nitrogens with two attached hydrogens (primary N) is 1. The highest BCUT2D eigenvalue weighted by atomic mass is 32.1. The van der Waals surface area contributed by atoms with E-state index in [-0.39, 0.29) is 21.1 Å². The van der Waals surface area contributed by atoms with Gasteiger partial charge in [-0.1, -0.05) is 21.1 Å². The molecule has 0 amide bonds. The van der Waals surface area contributed by atoms with Crippen LogP contribution in [0, 0.1) is 25.4 Å². The Labute approximate surface area is 123 Å². The minimum Gasteiger partial charge on any atom is -0.612 e. The Morgan fingerprint density at radius 3 is 2.73 bits per heavy atom. The number of hydrogen-bond acceptors (Lipinski definition) is 8. The van der Waals surface area contributed by atoms with E-state index < -0.39 is 27.2 Å². The first-order valence-corrected chi connectivity index (χ1v) is 6.50. The van der Waals surface area contributed by atoms with Crippen LogP contribution in [0.2, 0.25) is 0 Å². The van der Waals surface area contributed by atoms with Gasteiger partial charge in [-0.25, -0.2) is 4.98 Å². The first-order chi connectivity index (χ1) is 10.4. The van der Waals surface area contributed by atoms with Gasteiger partial charge in [0.05, 0.1) is 15.9 Å². The van der Waals surface area contributed by atoms with Crippen molar-refractivity contribution in [3.05, 3.63) is 54.0 Å². The third kappa shape index (κ3) is 1.91. The molecule has 1 unspecified atom stereocenters. The average molecular weight is 327 g/mol. The fraction of sp³-hybridized carbons (Fsp3) is 0.111. The van der Waals surface area contributed by atoms with Gasteiger partial charge in [0.25, 0.3) is 11.4 Å². The molecule has 0 aliphatic heterocycles. The number of H-pyrrole nitrogens is 2. The Morgan fingerprint density at radius 1 is 1.45 bits per heavy atom. The highest BCUT2D eigenvalue weighted by Crippen LogP contribution is 2.36. The van der Waals surface area contributed by atoms with E-state index in [1.165, 1.54) is 6.20 Å². The number of thiazole rings is 1. The molecule has 12 nitrogen and oxygen atoms in total. The van der Waals surface area contributed by atoms with Gasteiger partial charge in [-0.2, -0.15) is 4.90 Å². The third-order valence-corrected chi connectivity index (χ3v) is 4.00. The molecule has 0 saturated carbocycles. The van der Waals surface area contributed by atoms with Crippen molar-refractivity contribution in [2.75, 3.05) is 5.73 Å². The van der Waals surface area contributed by atoms with E-state index in [2.05, 4.69) is 14.8 Å². The van der Waals surface area contributed by atoms with Gasteiger partial charge in [0.2, 0.25) is 5.71 Å². The van der Waals surface area contributed by atoms with Gasteiger partial charge in [-0.15, -0.1) is 0 Å². The maximum Gasteiger partial charge on any atom is 0.329 e. The van der Waals surface area contributed by atoms with Crippen molar-refractivity contribution >= 4 is 27.9 Å². The summed E-state index contributed by atoms with van der Waals surface area (Å²) in [6, 6.07) is 0. The van der Waals surface area contributed by atoms with Gasteiger partial charge in [-0.3, -0.25) is 15.8 Å². The number of aromatic nitrogens is 3. The van der Waals surface area contributed by atoms with E-state index >= 15 is 0 Å². The predicted molar refractivity (Wildman–Crippen MR) is 70.5 cm³/mol. The zero-order valence-corrected chi connectivity index (χ0v) is 11.3. The number of allylic oxidation sites excluding steroid dienone is 1. The molecule has 2 aromatic heterocycles. The number of aromatic amines is 2. The normalized spacial score (nSPS) is 17.0. The molecule has 2 aromatic rings. The van der Waals surface area contributed by atoms with Crippen LogP contribution >= 0.6 is 11.3 Å². The van der Waals surface area contributed by atoms with Crippen molar-refractivity contribution in [3.63, 3.8) is 0 Å². The molecular weight excluding hydrogens is 320 g/mol. The van der Waals surface area contributed by atoms with Gasteiger partial charge in [0, 0.05) is 0 Å². The highest BCUT2D eigenvalue weighted by molar-refractivity contribution is 7.15. The summed E-state index contributed by atoms with van der Waals surface area (Å²) in [5.41, 5.74) is 3.93. The van der Waals surface area contributed by atoms with Crippen LogP contribution in [0.3, 0.4) is 0 Å². The summed E-state index contributed by atoms with van der Waals surface area (Å²) in [4.78, 5) is 24.2. The van der Waals surface area contributed by atoms with Gasteiger partial charge in [-0.05, 0) is 4.91 Å². The lowest BCUT2D eigenvalue weighted by Gasteiger charge is -2.15. The third-order valence-electron chi connectivity index (χ3n) is 3.07. The molecule has 114 valence electrons. The average Bonchev–Trinajstić information content (AvgIpc) is 3.04. The molecule has 0 fully saturated rings. The fourth-order valence-electron chi connectivity index (χ4n) is 2.20. The van der Waals surface area contributed by atoms with Crippen molar-refractivity contribution in [3.8, 4) is 0 Å². The summed E-state index contributed by atoms with van der Waals surface area (Å²) < 4.78 is 4.48. The van der Waals surface area contributed by atoms with E-state index in [0.29, 0.717) is 4.88 Å². The molecule has 22 heavy (non-hydrogen) atoms. The lowest BCUT2D eigenvalue weighted by molar-refractivity contribution is -0.719. The molecule has 0 bridgehead atoms. The van der Waals surface area contributed by atoms with Gasteiger partial charge in [0.1, 0.15) is 6.20 Å². The van der Waals surface area contributed by atoms with Crippen molar-refractivity contribution in [1.29, 1.82) is 0 Å². The molecule has 0 aromatic carbocycles. The summed E-state index contributed by atoms with van der Waals surface area (Å²) in [5, 5.41) is 36.0. The van der Waals surface area contributed by atoms with Crippen LogP contribution in [-0.4, -0.2) is 20.7 Å². The highest BCUT2D eigenvalue weighted by Gasteiger charge is 2.48. The van der Waals surface area contributed by atoms with Crippen LogP contribution in [0.5, 0.6) is 0 Å². The first-order valence-electron chi connectivity index (χ1n) is 5.69. The van der Waals surface area contributed by atoms with Crippen molar-refractivity contribution in [1.82, 2.24) is 5.16 Å². The Morgan fingerprint density at radius 2 is 2.18 bits per heavy atom. The van der Waals surface area contributed by atoms with Crippen molar-refractivity contribution in [2.24, 2.45) is 0 Å². The number of nitro groups is 1. The molecule has 0 radical (unpaired) electrons. The first kappa shape index (κ1) is 13.7. The Hall–Kier alpha value is -3.22. The molecule has 1 atom stereocenters. The Bertz CT molecular complexity index is 887. The number of hydrogen-bond donors (Lipinski definition) is 2. The van der Waals surface area contributed by atoms with Crippen LogP contribution in [0.1, 0.15) is 22.2 Å². The number of anilines is 1. The maximum absolute atomic E-state index is 11.8. The minimum atomic E-state index is -1.14. The van der Waals surface area contributed by atoms with Crippen LogP contribution in [0.25, 0.3) is 5.70 Å². The van der Waals surface area contributed by atoms with E-state index in [4.69, 9.17) is 5.73 Å². The van der Waals surface area contributed by atoms with Gasteiger partial charge in [0.15, 0.2) is 10.5 Å². The molecule has 13 heteroatoms. The summed E-state index contributed by atoms with van der Waals surface area (Å²) in [6.45, 7) is 0. The van der Waals surface area contributed by atoms with E-state index in [1.54, 1.807) is 0 Å². The second-order valence-electron chi connectivity index (χ2n) is 4.27. The summed E-state index contributed by atoms with van der Waals surface area (Å²) in [6.07, 6.45) is 2.20. The zero-order valence-electron chi connectivity index (χ0n) is 10.5. The molecule has 4 N–H and O–H groups in total. The Balaban J connectivity index is 2.33. The zero-order chi connectivity index (χ0) is 16.0. The van der Waals surface area contributed by atoms with Gasteiger partial charge < -0.3 is 10.4 Å². The minimum absolute atomic E-state index is 0.0179. The second kappa shape index (κ2) is 4.66. The summed E-state index contributed by atoms with van der Waals surface area (Å²) in [7, 11) is 0. The smallest absolute Gasteiger partial charge is 0.329 e. The predicted octanol–water partition coefficient (Wildman–Crippen LogP) is -0.808. The molecule has 2 heterocycles. The quantitative estimate of drug-likeness (QED) is 0.410. The van der Waals surface area contributed by atoms with E-state index in [0.717, 1.165) is 17.4 Å². The molecule has 0 saturated heterocycles. The van der Waals surface area contributed by atoms with Crippen LogP contribution in [-0.2, 0) is 0 Å². The van der Waals surface area contributed by atoms with E-state index in [9.17, 15) is 25.4 Å². The number of nitrogens with zero attached hydrogens (tertiary/aromatic N) is 3. The number of nitrogens with one attached hydrogen (secondary N) is 2. The maximum atomic E-state index is 11.8. The number of rotatable bonds is 2. The Kier molecular flexibility index (Phi) is 2.91. The van der Waals surface area contributed by atoms with Crippen LogP contribution < -0.4 is 15.3 Å². The molecule has 1 aliphatic carbocycles. The van der Waals surface area contributed by atoms with Crippen LogP contribution in [0.15, 0.2) is 16.9 Å². The lowest BCUT2D eigenvalue weighted by atomic mass is 9.90. The van der Waals surface area contributed by atoms with Gasteiger partial charge >= 0.3 is 10.8 Å². The molecule has 3 rings (SSSR count).